The van der Waals surface area contributed by atoms with Crippen molar-refractivity contribution in [3.63, 3.8) is 0 Å². The van der Waals surface area contributed by atoms with Crippen LogP contribution in [-0.2, 0) is 14.3 Å². The van der Waals surface area contributed by atoms with E-state index < -0.39 is 11.9 Å². The van der Waals surface area contributed by atoms with Crippen molar-refractivity contribution in [2.45, 2.75) is 51.6 Å². The summed E-state index contributed by atoms with van der Waals surface area (Å²) in [5.41, 5.74) is 3.84. The molecule has 0 radical (unpaired) electrons. The number of Topliss-reactive ketones (excluding diaryl/α,β-unsaturated/α-hetero) is 1. The lowest BCUT2D eigenvalue weighted by Crippen LogP contribution is -2.36. The number of phenols is 1. The Morgan fingerprint density at radius 1 is 1.00 bits per heavy atom. The number of ether oxygens (including phenoxy) is 4. The Balaban J connectivity index is 1.83. The van der Waals surface area contributed by atoms with Crippen LogP contribution in [0.1, 0.15) is 56.6 Å². The van der Waals surface area contributed by atoms with Crippen LogP contribution < -0.4 is 19.5 Å². The molecule has 0 bridgehead atoms. The van der Waals surface area contributed by atoms with Gasteiger partial charge in [0, 0.05) is 29.3 Å². The number of rotatable bonds is 7. The summed E-state index contributed by atoms with van der Waals surface area (Å²) in [4.78, 5) is 27.2. The van der Waals surface area contributed by atoms with E-state index in [1.807, 2.05) is 25.1 Å². The van der Waals surface area contributed by atoms with Gasteiger partial charge in [-0.3, -0.25) is 4.79 Å². The number of methoxy groups -OCH3 is 3. The molecule has 0 fully saturated rings. The largest absolute Gasteiger partial charge is 0.503 e. The standard InChI is InChI=1S/C29H32BrNO7/c1-14(2)38-29(34)25-15(3)31-20-10-17(16-7-8-22(35-4)23(12-16)36-5)11-21(32)27(20)26(25)18-9-19(30)28(33)24(13-18)37-6/h7-9,12-14,17,26,31,33H,10-11H2,1-6H3/t17-,26+/m1/s1. The summed E-state index contributed by atoms with van der Waals surface area (Å²) in [6.07, 6.45) is 0.485. The first kappa shape index (κ1) is 27.6. The molecule has 0 unspecified atom stereocenters. The number of nitrogens with one attached hydrogen (secondary N) is 1. The smallest absolute Gasteiger partial charge is 0.337 e. The third kappa shape index (κ3) is 5.12. The first-order valence-corrected chi connectivity index (χ1v) is 13.1. The highest BCUT2D eigenvalue weighted by Crippen LogP contribution is 2.48. The van der Waals surface area contributed by atoms with Gasteiger partial charge in [0.15, 0.2) is 28.8 Å². The number of allylic oxidation sites excluding steroid dienone is 3. The maximum atomic E-state index is 13.9. The van der Waals surface area contributed by atoms with Gasteiger partial charge in [0.2, 0.25) is 0 Å². The molecule has 202 valence electrons. The van der Waals surface area contributed by atoms with Gasteiger partial charge in [0.05, 0.1) is 37.5 Å². The van der Waals surface area contributed by atoms with E-state index in [4.69, 9.17) is 18.9 Å². The van der Waals surface area contributed by atoms with E-state index in [1.54, 1.807) is 40.2 Å². The van der Waals surface area contributed by atoms with E-state index >= 15 is 0 Å². The summed E-state index contributed by atoms with van der Waals surface area (Å²) >= 11 is 3.38. The second-order valence-corrected chi connectivity index (χ2v) is 10.5. The van der Waals surface area contributed by atoms with Crippen LogP contribution in [0.3, 0.4) is 0 Å². The molecule has 0 aromatic heterocycles. The van der Waals surface area contributed by atoms with Crippen LogP contribution in [-0.4, -0.2) is 44.3 Å². The quantitative estimate of drug-likeness (QED) is 0.411. The van der Waals surface area contributed by atoms with Crippen molar-refractivity contribution < 1.29 is 33.6 Å². The maximum absolute atomic E-state index is 13.9. The monoisotopic (exact) mass is 585 g/mol. The minimum Gasteiger partial charge on any atom is -0.503 e. The van der Waals surface area contributed by atoms with Gasteiger partial charge >= 0.3 is 5.97 Å². The van der Waals surface area contributed by atoms with Gasteiger partial charge in [-0.05, 0) is 84.4 Å². The second-order valence-electron chi connectivity index (χ2n) is 9.64. The molecule has 2 aromatic carbocycles. The second kappa shape index (κ2) is 11.1. The van der Waals surface area contributed by atoms with Crippen molar-refractivity contribution in [1.29, 1.82) is 0 Å². The number of phenolic OH excluding ortho intramolecular Hbond substituents is 1. The molecule has 38 heavy (non-hydrogen) atoms. The number of esters is 1. The number of dihydropyridines is 1. The first-order valence-electron chi connectivity index (χ1n) is 12.3. The van der Waals surface area contributed by atoms with E-state index in [1.165, 1.54) is 7.11 Å². The molecule has 9 heteroatoms. The SMILES string of the molecule is COc1ccc([C@H]2CC(=O)C3=C(C2)NC(C)=C(C(=O)OC(C)C)[C@@H]3c2cc(Br)c(O)c(OC)c2)cc1OC. The third-order valence-corrected chi connectivity index (χ3v) is 7.48. The van der Waals surface area contributed by atoms with Crippen molar-refractivity contribution in [2.24, 2.45) is 0 Å². The van der Waals surface area contributed by atoms with E-state index in [0.29, 0.717) is 44.8 Å². The lowest BCUT2D eigenvalue weighted by atomic mass is 9.71. The summed E-state index contributed by atoms with van der Waals surface area (Å²) < 4.78 is 22.2. The highest BCUT2D eigenvalue weighted by Gasteiger charge is 2.42. The van der Waals surface area contributed by atoms with Crippen LogP contribution in [0.2, 0.25) is 0 Å². The fraction of sp³-hybridized carbons (Fsp3) is 0.379. The molecule has 2 atom stereocenters. The minimum absolute atomic E-state index is 0.0603. The lowest BCUT2D eigenvalue weighted by molar-refractivity contribution is -0.143. The number of hydrogen-bond acceptors (Lipinski definition) is 8. The minimum atomic E-state index is -0.692. The number of carbonyl (C=O) groups excluding carboxylic acids is 2. The van der Waals surface area contributed by atoms with Gasteiger partial charge < -0.3 is 29.4 Å². The molecule has 1 heterocycles. The van der Waals surface area contributed by atoms with Crippen LogP contribution in [0.25, 0.3) is 0 Å². The van der Waals surface area contributed by atoms with Gasteiger partial charge in [0.25, 0.3) is 0 Å². The van der Waals surface area contributed by atoms with Crippen LogP contribution in [0.15, 0.2) is 57.3 Å². The Morgan fingerprint density at radius 2 is 1.66 bits per heavy atom. The number of carbonyl (C=O) groups is 2. The highest BCUT2D eigenvalue weighted by atomic mass is 79.9. The number of benzene rings is 2. The number of halogens is 1. The van der Waals surface area contributed by atoms with Gasteiger partial charge in [-0.25, -0.2) is 4.79 Å². The molecule has 8 nitrogen and oxygen atoms in total. The molecular weight excluding hydrogens is 554 g/mol. The zero-order valence-electron chi connectivity index (χ0n) is 22.3. The van der Waals surface area contributed by atoms with Crippen molar-refractivity contribution in [2.75, 3.05) is 21.3 Å². The average molecular weight is 586 g/mol. The summed E-state index contributed by atoms with van der Waals surface area (Å²) in [5.74, 6) is 0.0317. The maximum Gasteiger partial charge on any atom is 0.337 e. The topological polar surface area (TPSA) is 103 Å². The predicted octanol–water partition coefficient (Wildman–Crippen LogP) is 5.49. The number of aromatic hydroxyl groups is 1. The Bertz CT molecular complexity index is 1340. The molecule has 2 aromatic rings. The normalized spacial score (nSPS) is 19.2. The Hall–Kier alpha value is -3.46. The molecule has 0 amide bonds. The van der Waals surface area contributed by atoms with Crippen molar-refractivity contribution in [3.05, 3.63) is 68.5 Å². The molecule has 1 aliphatic heterocycles. The van der Waals surface area contributed by atoms with Gasteiger partial charge in [-0.1, -0.05) is 6.07 Å². The van der Waals surface area contributed by atoms with Crippen LogP contribution >= 0.6 is 15.9 Å². The molecule has 4 rings (SSSR count). The average Bonchev–Trinajstić information content (AvgIpc) is 2.88. The van der Waals surface area contributed by atoms with Gasteiger partial charge in [-0.15, -0.1) is 0 Å². The Labute approximate surface area is 230 Å². The van der Waals surface area contributed by atoms with Crippen molar-refractivity contribution in [1.82, 2.24) is 5.32 Å². The third-order valence-electron chi connectivity index (χ3n) is 6.87. The summed E-state index contributed by atoms with van der Waals surface area (Å²) in [6.45, 7) is 5.37. The molecular formula is C29H32BrNO7. The molecule has 2 aliphatic rings. The molecule has 0 saturated carbocycles. The molecule has 0 spiro atoms. The number of hydrogen-bond donors (Lipinski definition) is 2. The highest BCUT2D eigenvalue weighted by molar-refractivity contribution is 9.10. The fourth-order valence-electron chi connectivity index (χ4n) is 5.18. The van der Waals surface area contributed by atoms with Crippen molar-refractivity contribution in [3.8, 4) is 23.0 Å². The molecule has 2 N–H and O–H groups in total. The van der Waals surface area contributed by atoms with Crippen LogP contribution in [0.4, 0.5) is 0 Å². The predicted molar refractivity (Wildman–Crippen MR) is 146 cm³/mol. The van der Waals surface area contributed by atoms with E-state index in [2.05, 4.69) is 21.2 Å². The first-order chi connectivity index (χ1) is 18.1. The zero-order valence-corrected chi connectivity index (χ0v) is 23.9. The zero-order chi connectivity index (χ0) is 27.7. The van der Waals surface area contributed by atoms with Gasteiger partial charge in [0.1, 0.15) is 0 Å². The number of ketones is 1. The van der Waals surface area contributed by atoms with E-state index in [0.717, 1.165) is 11.3 Å². The summed E-state index contributed by atoms with van der Waals surface area (Å²) in [6, 6.07) is 9.05. The Morgan fingerprint density at radius 3 is 2.29 bits per heavy atom. The molecule has 0 saturated heterocycles. The van der Waals surface area contributed by atoms with Crippen molar-refractivity contribution >= 4 is 27.7 Å². The molecule has 1 aliphatic carbocycles. The fourth-order valence-corrected chi connectivity index (χ4v) is 5.64. The van der Waals surface area contributed by atoms with Crippen LogP contribution in [0.5, 0.6) is 23.0 Å². The van der Waals surface area contributed by atoms with Crippen LogP contribution in [0, 0.1) is 0 Å². The van der Waals surface area contributed by atoms with E-state index in [9.17, 15) is 14.7 Å². The lowest BCUT2D eigenvalue weighted by Gasteiger charge is -2.37. The summed E-state index contributed by atoms with van der Waals surface area (Å²) in [7, 11) is 4.61. The Kier molecular flexibility index (Phi) is 8.06. The van der Waals surface area contributed by atoms with Gasteiger partial charge in [-0.2, -0.15) is 0 Å². The summed E-state index contributed by atoms with van der Waals surface area (Å²) in [5, 5.41) is 13.8. The van der Waals surface area contributed by atoms with E-state index in [-0.39, 0.29) is 35.7 Å².